The first-order valence-electron chi connectivity index (χ1n) is 5.92. The summed E-state index contributed by atoms with van der Waals surface area (Å²) >= 11 is 0. The van der Waals surface area contributed by atoms with Gasteiger partial charge in [-0.05, 0) is 0 Å². The van der Waals surface area contributed by atoms with E-state index in [0.29, 0.717) is 32.7 Å². The molecule has 7 nitrogen and oxygen atoms in total. The standard InChI is InChI=1S/C11H20N2O5/c1-17-7-4-12-9(14)10(15)13-8-11(16)2-5-18-6-3-11/h16H,2-8H2,1H3,(H,12,14)(H,13,15). The highest BCUT2D eigenvalue weighted by Crippen LogP contribution is 2.18. The molecule has 1 saturated heterocycles. The maximum absolute atomic E-state index is 11.4. The largest absolute Gasteiger partial charge is 0.388 e. The van der Waals surface area contributed by atoms with Crippen molar-refractivity contribution in [2.24, 2.45) is 0 Å². The first-order chi connectivity index (χ1) is 8.57. The van der Waals surface area contributed by atoms with Gasteiger partial charge >= 0.3 is 11.8 Å². The zero-order chi connectivity index (χ0) is 13.4. The van der Waals surface area contributed by atoms with Gasteiger partial charge in [0.1, 0.15) is 0 Å². The van der Waals surface area contributed by atoms with Crippen molar-refractivity contribution in [3.63, 3.8) is 0 Å². The van der Waals surface area contributed by atoms with Gasteiger partial charge in [0.2, 0.25) is 0 Å². The van der Waals surface area contributed by atoms with Crippen molar-refractivity contribution in [1.82, 2.24) is 10.6 Å². The van der Waals surface area contributed by atoms with Crippen LogP contribution in [-0.2, 0) is 19.1 Å². The number of hydrogen-bond donors (Lipinski definition) is 3. The summed E-state index contributed by atoms with van der Waals surface area (Å²) < 4.78 is 9.86. The van der Waals surface area contributed by atoms with Crippen LogP contribution < -0.4 is 10.6 Å². The second-order valence-corrected chi connectivity index (χ2v) is 4.27. The van der Waals surface area contributed by atoms with Gasteiger partial charge < -0.3 is 25.2 Å². The van der Waals surface area contributed by atoms with E-state index in [4.69, 9.17) is 9.47 Å². The molecule has 0 aromatic rings. The van der Waals surface area contributed by atoms with Crippen LogP contribution in [0.4, 0.5) is 0 Å². The van der Waals surface area contributed by atoms with Crippen molar-refractivity contribution in [3.8, 4) is 0 Å². The Balaban J connectivity index is 2.24. The lowest BCUT2D eigenvalue weighted by atomic mass is 9.94. The van der Waals surface area contributed by atoms with Crippen LogP contribution in [0.25, 0.3) is 0 Å². The molecule has 1 rings (SSSR count). The topological polar surface area (TPSA) is 96.9 Å². The monoisotopic (exact) mass is 260 g/mol. The molecule has 1 aliphatic rings. The summed E-state index contributed by atoms with van der Waals surface area (Å²) in [6, 6.07) is 0. The number of carbonyl (C=O) groups excluding carboxylic acids is 2. The van der Waals surface area contributed by atoms with Crippen molar-refractivity contribution < 1.29 is 24.2 Å². The summed E-state index contributed by atoms with van der Waals surface area (Å²) in [5, 5.41) is 14.9. The van der Waals surface area contributed by atoms with Crippen molar-refractivity contribution in [1.29, 1.82) is 0 Å². The predicted molar refractivity (Wildman–Crippen MR) is 62.9 cm³/mol. The van der Waals surface area contributed by atoms with Gasteiger partial charge in [0, 0.05) is 46.3 Å². The van der Waals surface area contributed by atoms with E-state index in [1.54, 1.807) is 0 Å². The third-order valence-corrected chi connectivity index (χ3v) is 2.80. The molecule has 3 N–H and O–H groups in total. The molecule has 0 radical (unpaired) electrons. The van der Waals surface area contributed by atoms with Crippen molar-refractivity contribution in [3.05, 3.63) is 0 Å². The minimum atomic E-state index is -0.972. The zero-order valence-electron chi connectivity index (χ0n) is 10.5. The molecule has 0 spiro atoms. The lowest BCUT2D eigenvalue weighted by Gasteiger charge is -2.31. The van der Waals surface area contributed by atoms with Gasteiger partial charge in [-0.15, -0.1) is 0 Å². The van der Waals surface area contributed by atoms with Crippen LogP contribution in [0.1, 0.15) is 12.8 Å². The van der Waals surface area contributed by atoms with Gasteiger partial charge in [0.05, 0.1) is 12.2 Å². The number of carbonyl (C=O) groups is 2. The van der Waals surface area contributed by atoms with E-state index >= 15 is 0 Å². The van der Waals surface area contributed by atoms with E-state index in [1.807, 2.05) is 0 Å². The van der Waals surface area contributed by atoms with E-state index in [0.717, 1.165) is 0 Å². The van der Waals surface area contributed by atoms with E-state index in [9.17, 15) is 14.7 Å². The summed E-state index contributed by atoms with van der Waals surface area (Å²) in [6.45, 7) is 1.62. The molecule has 1 heterocycles. The highest BCUT2D eigenvalue weighted by molar-refractivity contribution is 6.35. The van der Waals surface area contributed by atoms with Crippen molar-refractivity contribution in [2.75, 3.05) is 40.0 Å². The summed E-state index contributed by atoms with van der Waals surface area (Å²) in [6.07, 6.45) is 0.914. The number of hydrogen-bond acceptors (Lipinski definition) is 5. The number of rotatable bonds is 5. The highest BCUT2D eigenvalue weighted by atomic mass is 16.5. The molecular formula is C11H20N2O5. The maximum Gasteiger partial charge on any atom is 0.309 e. The molecule has 18 heavy (non-hydrogen) atoms. The fourth-order valence-electron chi connectivity index (χ4n) is 1.60. The smallest absolute Gasteiger partial charge is 0.309 e. The average molecular weight is 260 g/mol. The summed E-state index contributed by atoms with van der Waals surface area (Å²) in [7, 11) is 1.51. The maximum atomic E-state index is 11.4. The van der Waals surface area contributed by atoms with E-state index in [1.165, 1.54) is 7.11 Å². The fraction of sp³-hybridized carbons (Fsp3) is 0.818. The first-order valence-corrected chi connectivity index (χ1v) is 5.92. The van der Waals surface area contributed by atoms with Crippen LogP contribution in [0, 0.1) is 0 Å². The fourth-order valence-corrected chi connectivity index (χ4v) is 1.60. The Kier molecular flexibility index (Phi) is 6.03. The number of methoxy groups -OCH3 is 1. The number of ether oxygens (including phenoxy) is 2. The second kappa shape index (κ2) is 7.30. The van der Waals surface area contributed by atoms with Crippen LogP contribution in [0.3, 0.4) is 0 Å². The minimum absolute atomic E-state index is 0.0624. The molecule has 1 aliphatic heterocycles. The Morgan fingerprint density at radius 3 is 2.50 bits per heavy atom. The van der Waals surface area contributed by atoms with Crippen LogP contribution in [0.5, 0.6) is 0 Å². The quantitative estimate of drug-likeness (QED) is 0.409. The van der Waals surface area contributed by atoms with Crippen LogP contribution in [0.2, 0.25) is 0 Å². The van der Waals surface area contributed by atoms with Crippen LogP contribution in [0.15, 0.2) is 0 Å². The first kappa shape index (κ1) is 14.9. The third kappa shape index (κ3) is 4.99. The number of aliphatic hydroxyl groups is 1. The molecule has 104 valence electrons. The molecule has 0 unspecified atom stereocenters. The third-order valence-electron chi connectivity index (χ3n) is 2.80. The van der Waals surface area contributed by atoms with Crippen molar-refractivity contribution >= 4 is 11.8 Å². The van der Waals surface area contributed by atoms with Gasteiger partial charge in [-0.25, -0.2) is 0 Å². The van der Waals surface area contributed by atoms with Crippen LogP contribution >= 0.6 is 0 Å². The van der Waals surface area contributed by atoms with Crippen LogP contribution in [-0.4, -0.2) is 62.5 Å². The molecule has 0 aromatic carbocycles. The van der Waals surface area contributed by atoms with Gasteiger partial charge in [-0.3, -0.25) is 9.59 Å². The van der Waals surface area contributed by atoms with Gasteiger partial charge in [-0.2, -0.15) is 0 Å². The van der Waals surface area contributed by atoms with Gasteiger partial charge in [0.15, 0.2) is 0 Å². The molecule has 0 saturated carbocycles. The molecule has 0 atom stereocenters. The van der Waals surface area contributed by atoms with E-state index in [2.05, 4.69) is 10.6 Å². The average Bonchev–Trinajstić information content (AvgIpc) is 2.37. The summed E-state index contributed by atoms with van der Waals surface area (Å²) in [4.78, 5) is 22.7. The molecule has 0 aromatic heterocycles. The SMILES string of the molecule is COCCNC(=O)C(=O)NCC1(O)CCOCC1. The van der Waals surface area contributed by atoms with E-state index in [-0.39, 0.29) is 13.1 Å². The summed E-state index contributed by atoms with van der Waals surface area (Å²) in [5.74, 6) is -1.46. The van der Waals surface area contributed by atoms with Crippen molar-refractivity contribution in [2.45, 2.75) is 18.4 Å². The number of amides is 2. The lowest BCUT2D eigenvalue weighted by molar-refractivity contribution is -0.140. The van der Waals surface area contributed by atoms with Gasteiger partial charge in [-0.1, -0.05) is 0 Å². The second-order valence-electron chi connectivity index (χ2n) is 4.27. The molecule has 1 fully saturated rings. The lowest BCUT2D eigenvalue weighted by Crippen LogP contribution is -2.50. The normalized spacial score (nSPS) is 18.1. The molecule has 0 bridgehead atoms. The molecular weight excluding hydrogens is 240 g/mol. The van der Waals surface area contributed by atoms with E-state index < -0.39 is 17.4 Å². The Hall–Kier alpha value is -1.18. The predicted octanol–water partition coefficient (Wildman–Crippen LogP) is -1.59. The highest BCUT2D eigenvalue weighted by Gasteiger charge is 2.30. The molecule has 7 heteroatoms. The Morgan fingerprint density at radius 1 is 1.28 bits per heavy atom. The minimum Gasteiger partial charge on any atom is -0.388 e. The summed E-state index contributed by atoms with van der Waals surface area (Å²) in [5.41, 5.74) is -0.972. The van der Waals surface area contributed by atoms with Gasteiger partial charge in [0.25, 0.3) is 0 Å². The Morgan fingerprint density at radius 2 is 1.89 bits per heavy atom. The Labute approximate surface area is 106 Å². The zero-order valence-corrected chi connectivity index (χ0v) is 10.5. The molecule has 0 aliphatic carbocycles. The Bertz CT molecular complexity index is 289. The number of nitrogens with one attached hydrogen (secondary N) is 2. The molecule has 2 amide bonds.